The van der Waals surface area contributed by atoms with Crippen LogP contribution in [0.3, 0.4) is 0 Å². The summed E-state index contributed by atoms with van der Waals surface area (Å²) in [6.45, 7) is 12.8. The van der Waals surface area contributed by atoms with E-state index >= 15 is 0 Å². The van der Waals surface area contributed by atoms with Crippen LogP contribution in [0, 0.1) is 0 Å². The van der Waals surface area contributed by atoms with Gasteiger partial charge in [-0.05, 0) is 88.1 Å². The normalized spacial score (nSPS) is 16.4. The summed E-state index contributed by atoms with van der Waals surface area (Å²) in [5.41, 5.74) is 11.1. The summed E-state index contributed by atoms with van der Waals surface area (Å²) >= 11 is 0. The van der Waals surface area contributed by atoms with Gasteiger partial charge in [-0.2, -0.15) is 0 Å². The predicted molar refractivity (Wildman–Crippen MR) is 195 cm³/mol. The number of carbonyl (C=O) groups is 10. The molecule has 21 nitrogen and oxygen atoms in total. The zero-order valence-corrected chi connectivity index (χ0v) is 32.4. The first kappa shape index (κ1) is 48.8. The van der Waals surface area contributed by atoms with Gasteiger partial charge in [0.15, 0.2) is 0 Å². The van der Waals surface area contributed by atoms with E-state index in [1.165, 1.54) is 62.3 Å². The fraction of sp³-hybridized carbons (Fsp3) is 0.697. The van der Waals surface area contributed by atoms with Crippen LogP contribution >= 0.6 is 0 Å². The second-order valence-corrected chi connectivity index (χ2v) is 13.2. The number of amides is 9. The van der Waals surface area contributed by atoms with Gasteiger partial charge in [0.2, 0.25) is 53.2 Å². The molecule has 21 heteroatoms. The molecule has 0 aromatic rings. The van der Waals surface area contributed by atoms with Crippen LogP contribution in [-0.2, 0) is 47.9 Å². The molecule has 0 saturated carbocycles. The molecule has 0 heterocycles. The lowest BCUT2D eigenvalue weighted by atomic mass is 10.1. The fourth-order valence-electron chi connectivity index (χ4n) is 4.25. The van der Waals surface area contributed by atoms with Gasteiger partial charge in [0, 0.05) is 0 Å². The van der Waals surface area contributed by atoms with Crippen molar-refractivity contribution in [3.05, 3.63) is 0 Å². The molecule has 0 saturated heterocycles. The molecular weight excluding hydrogens is 710 g/mol. The molecule has 0 radical (unpaired) electrons. The molecule has 0 aromatic heterocycles. The summed E-state index contributed by atoms with van der Waals surface area (Å²) < 4.78 is 0. The van der Waals surface area contributed by atoms with E-state index in [4.69, 9.17) is 11.5 Å². The number of hydrogen-bond acceptors (Lipinski definition) is 12. The topological polar surface area (TPSA) is 331 Å². The van der Waals surface area contributed by atoms with Gasteiger partial charge in [-0.15, -0.1) is 0 Å². The molecule has 306 valence electrons. The molecule has 0 aliphatic heterocycles. The van der Waals surface area contributed by atoms with Gasteiger partial charge in [0.1, 0.15) is 54.6 Å². The quantitative estimate of drug-likeness (QED) is 0.0345. The van der Waals surface area contributed by atoms with Crippen LogP contribution in [0.2, 0.25) is 0 Å². The van der Waals surface area contributed by atoms with Crippen LogP contribution in [0.5, 0.6) is 0 Å². The van der Waals surface area contributed by atoms with Crippen molar-refractivity contribution in [2.24, 2.45) is 11.5 Å². The average molecular weight is 770 g/mol. The van der Waals surface area contributed by atoms with Gasteiger partial charge in [-0.3, -0.25) is 43.2 Å². The number of aldehydes is 1. The molecule has 54 heavy (non-hydrogen) atoms. The van der Waals surface area contributed by atoms with Crippen LogP contribution in [0.15, 0.2) is 0 Å². The van der Waals surface area contributed by atoms with Crippen LogP contribution in [0.4, 0.5) is 0 Å². The highest BCUT2D eigenvalue weighted by Gasteiger charge is 2.30. The molecule has 0 aliphatic rings. The van der Waals surface area contributed by atoms with Crippen molar-refractivity contribution >= 4 is 59.5 Å². The van der Waals surface area contributed by atoms with E-state index in [2.05, 4.69) is 47.9 Å². The Balaban J connectivity index is 5.09. The molecule has 13 N–H and O–H groups in total. The lowest BCUT2D eigenvalue weighted by Gasteiger charge is -2.24. The summed E-state index contributed by atoms with van der Waals surface area (Å²) in [5.74, 6) is -6.21. The van der Waals surface area contributed by atoms with Crippen molar-refractivity contribution in [3.63, 3.8) is 0 Å². The first-order valence-corrected chi connectivity index (χ1v) is 17.7. The summed E-state index contributed by atoms with van der Waals surface area (Å²) in [5, 5.41) is 21.9. The molecule has 0 aromatic carbocycles. The molecule has 0 spiro atoms. The van der Waals surface area contributed by atoms with Gasteiger partial charge < -0.3 is 64.1 Å². The standard InChI is InChI=1S/C33H59N11O10/c1-15(14-45)36-26(47)17(3)38-27(48)18(4)39-28(49)19(5)40-29(50)20(6)41-30(51)21(7)42-31(52)22(8)43-33(54)24(12-10-11-13-34)44-32(53)23(9)37-25(46)16(2)35/h14-24H,10-13,34-35H2,1-9H3,(H,36,47)(H,37,46)(H,38,48)(H,39,49)(H,40,50)(H,41,51)(H,42,52)(H,43,54)(H,44,53)/t15-,16-,17-,18-,19-,20-,21-,22-,23-,24-/m0/s1. The monoisotopic (exact) mass is 769 g/mol. The Morgan fingerprint density at radius 3 is 1.00 bits per heavy atom. The molecule has 0 unspecified atom stereocenters. The Bertz CT molecular complexity index is 1360. The average Bonchev–Trinajstić information content (AvgIpc) is 3.10. The third-order valence-electron chi connectivity index (χ3n) is 7.83. The smallest absolute Gasteiger partial charge is 0.243 e. The van der Waals surface area contributed by atoms with E-state index in [1.807, 2.05) is 0 Å². The Morgan fingerprint density at radius 2 is 0.704 bits per heavy atom. The van der Waals surface area contributed by atoms with Crippen LogP contribution in [0.25, 0.3) is 0 Å². The lowest BCUT2D eigenvalue weighted by molar-refractivity contribution is -0.135. The summed E-state index contributed by atoms with van der Waals surface area (Å²) in [6, 6.07) is -10.4. The maximum absolute atomic E-state index is 13.1. The molecule has 0 bridgehead atoms. The van der Waals surface area contributed by atoms with E-state index in [-0.39, 0.29) is 6.42 Å². The van der Waals surface area contributed by atoms with E-state index in [1.54, 1.807) is 0 Å². The first-order chi connectivity index (χ1) is 25.0. The molecule has 0 fully saturated rings. The number of hydrogen-bond donors (Lipinski definition) is 11. The summed E-state index contributed by atoms with van der Waals surface area (Å²) in [6.07, 6.45) is 1.75. The largest absolute Gasteiger partial charge is 0.345 e. The number of nitrogens with two attached hydrogens (primary N) is 2. The second-order valence-electron chi connectivity index (χ2n) is 13.2. The van der Waals surface area contributed by atoms with E-state index in [0.717, 1.165) is 0 Å². The Hall–Kier alpha value is -5.18. The molecule has 0 rings (SSSR count). The van der Waals surface area contributed by atoms with Crippen LogP contribution in [-0.4, -0.2) is 126 Å². The van der Waals surface area contributed by atoms with Gasteiger partial charge >= 0.3 is 0 Å². The van der Waals surface area contributed by atoms with Crippen LogP contribution in [0.1, 0.15) is 81.6 Å². The predicted octanol–water partition coefficient (Wildman–Crippen LogP) is -4.82. The number of rotatable bonds is 23. The highest BCUT2D eigenvalue weighted by Crippen LogP contribution is 2.03. The van der Waals surface area contributed by atoms with Gasteiger partial charge in [-0.1, -0.05) is 0 Å². The molecular formula is C33H59N11O10. The zero-order chi connectivity index (χ0) is 41.9. The minimum Gasteiger partial charge on any atom is -0.345 e. The van der Waals surface area contributed by atoms with Crippen LogP contribution < -0.4 is 59.3 Å². The highest BCUT2D eigenvalue weighted by atomic mass is 16.2. The Morgan fingerprint density at radius 1 is 0.426 bits per heavy atom. The third kappa shape index (κ3) is 18.0. The second kappa shape index (κ2) is 24.2. The van der Waals surface area contributed by atoms with Crippen molar-refractivity contribution in [1.82, 2.24) is 47.9 Å². The summed E-state index contributed by atoms with van der Waals surface area (Å²) in [7, 11) is 0. The maximum Gasteiger partial charge on any atom is 0.243 e. The van der Waals surface area contributed by atoms with E-state index < -0.39 is 114 Å². The molecule has 9 amide bonds. The maximum atomic E-state index is 13.1. The van der Waals surface area contributed by atoms with Crippen molar-refractivity contribution in [3.8, 4) is 0 Å². The zero-order valence-electron chi connectivity index (χ0n) is 32.4. The third-order valence-corrected chi connectivity index (χ3v) is 7.83. The minimum atomic E-state index is -1.17. The Labute approximate surface area is 315 Å². The molecule has 0 aliphatic carbocycles. The number of unbranched alkanes of at least 4 members (excludes halogenated alkanes) is 1. The molecule has 10 atom stereocenters. The Kier molecular flexibility index (Phi) is 21.9. The van der Waals surface area contributed by atoms with Crippen molar-refractivity contribution < 1.29 is 47.9 Å². The van der Waals surface area contributed by atoms with Gasteiger partial charge in [0.25, 0.3) is 0 Å². The first-order valence-electron chi connectivity index (χ1n) is 17.7. The minimum absolute atomic E-state index is 0.188. The van der Waals surface area contributed by atoms with E-state index in [9.17, 15) is 47.9 Å². The van der Waals surface area contributed by atoms with Crippen molar-refractivity contribution in [2.45, 2.75) is 142 Å². The highest BCUT2D eigenvalue weighted by molar-refractivity contribution is 5.97. The SMILES string of the molecule is C[C@H](N)C(=O)N[C@@H](C)C(=O)N[C@@H](CCCCN)C(=O)N[C@@H](C)C(=O)N[C@@H](C)C(=O)N[C@@H](C)C(=O)N[C@@H](C)C(=O)N[C@@H](C)C(=O)N[C@@H](C)C(=O)N[C@@H](C)C=O. The lowest BCUT2D eigenvalue weighted by Crippen LogP contribution is -2.58. The van der Waals surface area contributed by atoms with Gasteiger partial charge in [0.05, 0.1) is 12.1 Å². The van der Waals surface area contributed by atoms with Crippen molar-refractivity contribution in [2.75, 3.05) is 6.54 Å². The van der Waals surface area contributed by atoms with Crippen molar-refractivity contribution in [1.29, 1.82) is 0 Å². The number of carbonyl (C=O) groups excluding carboxylic acids is 10. The number of nitrogens with one attached hydrogen (secondary N) is 9. The van der Waals surface area contributed by atoms with Gasteiger partial charge in [-0.25, -0.2) is 0 Å². The summed E-state index contributed by atoms with van der Waals surface area (Å²) in [4.78, 5) is 124. The fourth-order valence-corrected chi connectivity index (χ4v) is 4.25. The van der Waals surface area contributed by atoms with E-state index in [0.29, 0.717) is 25.7 Å².